The van der Waals surface area contributed by atoms with Crippen LogP contribution in [0.3, 0.4) is 0 Å². The van der Waals surface area contributed by atoms with Crippen LogP contribution in [0.25, 0.3) is 0 Å². The maximum absolute atomic E-state index is 11.7. The predicted molar refractivity (Wildman–Crippen MR) is 69.3 cm³/mol. The first-order valence-corrected chi connectivity index (χ1v) is 7.14. The van der Waals surface area contributed by atoms with Gasteiger partial charge in [-0.1, -0.05) is 49.1 Å². The second kappa shape index (κ2) is 3.21. The SMILES string of the molecule is CN1C(=O)SC2CC3(C)[B]C3(C)CCCC21. The van der Waals surface area contributed by atoms with Gasteiger partial charge in [-0.15, -0.1) is 0 Å². The number of fused-ring (bicyclic) bond motifs is 2. The fourth-order valence-electron chi connectivity index (χ4n) is 3.65. The third kappa shape index (κ3) is 1.38. The molecule has 2 heterocycles. The van der Waals surface area contributed by atoms with E-state index in [1.54, 1.807) is 11.8 Å². The lowest BCUT2D eigenvalue weighted by Crippen LogP contribution is -2.34. The van der Waals surface area contributed by atoms with E-state index in [-0.39, 0.29) is 5.24 Å². The lowest BCUT2D eigenvalue weighted by Gasteiger charge is -2.32. The summed E-state index contributed by atoms with van der Waals surface area (Å²) in [6.45, 7) is 4.76. The normalized spacial score (nSPS) is 51.2. The van der Waals surface area contributed by atoms with E-state index in [4.69, 9.17) is 0 Å². The first kappa shape index (κ1) is 11.0. The smallest absolute Gasteiger partial charge is 0.282 e. The molecule has 4 heteroatoms. The second-order valence-electron chi connectivity index (χ2n) is 6.18. The van der Waals surface area contributed by atoms with Crippen molar-refractivity contribution in [2.24, 2.45) is 0 Å². The zero-order chi connectivity index (χ0) is 11.6. The van der Waals surface area contributed by atoms with Gasteiger partial charge in [0, 0.05) is 18.3 Å². The maximum Gasteiger partial charge on any atom is 0.282 e. The van der Waals surface area contributed by atoms with E-state index in [9.17, 15) is 4.79 Å². The number of nitrogens with zero attached hydrogens (tertiary/aromatic N) is 1. The Labute approximate surface area is 103 Å². The number of hydrogen-bond acceptors (Lipinski definition) is 2. The van der Waals surface area contributed by atoms with Gasteiger partial charge in [0.15, 0.2) is 0 Å². The first-order valence-electron chi connectivity index (χ1n) is 6.26. The van der Waals surface area contributed by atoms with Crippen LogP contribution in [0.5, 0.6) is 0 Å². The molecule has 0 aromatic heterocycles. The molecule has 0 spiro atoms. The van der Waals surface area contributed by atoms with Gasteiger partial charge >= 0.3 is 0 Å². The van der Waals surface area contributed by atoms with E-state index < -0.39 is 0 Å². The van der Waals surface area contributed by atoms with Crippen molar-refractivity contribution >= 4 is 24.3 Å². The molecule has 3 aliphatic rings. The fraction of sp³-hybridized carbons (Fsp3) is 0.917. The minimum atomic E-state index is 0.280. The topological polar surface area (TPSA) is 20.3 Å². The number of carbonyl (C=O) groups is 1. The molecule has 2 aliphatic heterocycles. The number of hydrogen-bond donors (Lipinski definition) is 0. The Morgan fingerprint density at radius 3 is 2.94 bits per heavy atom. The van der Waals surface area contributed by atoms with Crippen molar-refractivity contribution in [1.82, 2.24) is 4.90 Å². The third-order valence-corrected chi connectivity index (χ3v) is 6.42. The van der Waals surface area contributed by atoms with Gasteiger partial charge in [-0.3, -0.25) is 4.79 Å². The molecular formula is C12H19BNOS. The zero-order valence-electron chi connectivity index (χ0n) is 10.3. The van der Waals surface area contributed by atoms with Crippen molar-refractivity contribution in [3.8, 4) is 0 Å². The van der Waals surface area contributed by atoms with Gasteiger partial charge in [0.1, 0.15) is 7.28 Å². The molecule has 4 unspecified atom stereocenters. The van der Waals surface area contributed by atoms with Crippen LogP contribution < -0.4 is 0 Å². The first-order chi connectivity index (χ1) is 7.45. The fourth-order valence-corrected chi connectivity index (χ4v) is 5.11. The molecule has 1 aliphatic carbocycles. The van der Waals surface area contributed by atoms with Gasteiger partial charge in [-0.25, -0.2) is 0 Å². The number of rotatable bonds is 0. The van der Waals surface area contributed by atoms with E-state index in [0.717, 1.165) is 0 Å². The maximum atomic E-state index is 11.7. The molecular weight excluding hydrogens is 217 g/mol. The summed E-state index contributed by atoms with van der Waals surface area (Å²) in [5, 5.41) is 1.67. The molecule has 1 amide bonds. The lowest BCUT2D eigenvalue weighted by atomic mass is 9.82. The van der Waals surface area contributed by atoms with E-state index in [1.165, 1.54) is 25.7 Å². The Morgan fingerprint density at radius 1 is 1.44 bits per heavy atom. The zero-order valence-corrected chi connectivity index (χ0v) is 11.1. The highest BCUT2D eigenvalue weighted by Crippen LogP contribution is 2.74. The number of carbonyl (C=O) groups excluding carboxylic acids is 1. The quantitative estimate of drug-likeness (QED) is 0.602. The summed E-state index contributed by atoms with van der Waals surface area (Å²) in [5.41, 5.74) is 0. The number of amides is 1. The summed E-state index contributed by atoms with van der Waals surface area (Å²) in [6, 6.07) is 0.493. The van der Waals surface area contributed by atoms with Gasteiger partial charge in [0.25, 0.3) is 5.24 Å². The Bertz CT molecular complexity index is 350. The summed E-state index contributed by atoms with van der Waals surface area (Å²) >= 11 is 1.57. The molecule has 2 saturated heterocycles. The van der Waals surface area contributed by atoms with Gasteiger partial charge in [-0.05, 0) is 12.8 Å². The molecule has 1 saturated carbocycles. The van der Waals surface area contributed by atoms with Crippen LogP contribution in [0.15, 0.2) is 0 Å². The van der Waals surface area contributed by atoms with Gasteiger partial charge in [0.05, 0.1) is 0 Å². The van der Waals surface area contributed by atoms with Crippen LogP contribution in [-0.4, -0.2) is 35.8 Å². The Hall–Kier alpha value is -0.115. The van der Waals surface area contributed by atoms with Crippen LogP contribution >= 0.6 is 11.8 Å². The minimum absolute atomic E-state index is 0.280. The molecule has 16 heavy (non-hydrogen) atoms. The van der Waals surface area contributed by atoms with Gasteiger partial charge in [-0.2, -0.15) is 0 Å². The van der Waals surface area contributed by atoms with E-state index in [0.29, 0.717) is 21.9 Å². The molecule has 4 atom stereocenters. The molecule has 3 fully saturated rings. The average Bonchev–Trinajstić information content (AvgIpc) is 2.59. The van der Waals surface area contributed by atoms with Crippen molar-refractivity contribution in [2.75, 3.05) is 7.05 Å². The molecule has 2 nitrogen and oxygen atoms in total. The molecule has 0 aromatic rings. The van der Waals surface area contributed by atoms with Crippen molar-refractivity contribution in [1.29, 1.82) is 0 Å². The van der Waals surface area contributed by atoms with Gasteiger partial charge < -0.3 is 4.90 Å². The minimum Gasteiger partial charge on any atom is -0.333 e. The van der Waals surface area contributed by atoms with Crippen molar-refractivity contribution in [3.05, 3.63) is 0 Å². The largest absolute Gasteiger partial charge is 0.333 e. The highest BCUT2D eigenvalue weighted by Gasteiger charge is 2.63. The summed E-state index contributed by atoms with van der Waals surface area (Å²) in [5.74, 6) is 0. The monoisotopic (exact) mass is 236 g/mol. The van der Waals surface area contributed by atoms with Crippen LogP contribution in [0.2, 0.25) is 10.6 Å². The van der Waals surface area contributed by atoms with Crippen LogP contribution in [0.1, 0.15) is 39.5 Å². The molecule has 0 bridgehead atoms. The Kier molecular flexibility index (Phi) is 2.21. The molecule has 0 aromatic carbocycles. The Balaban J connectivity index is 1.83. The highest BCUT2D eigenvalue weighted by molar-refractivity contribution is 8.14. The van der Waals surface area contributed by atoms with Crippen molar-refractivity contribution in [3.63, 3.8) is 0 Å². The lowest BCUT2D eigenvalue weighted by molar-refractivity contribution is 0.210. The number of thioether (sulfide) groups is 1. The average molecular weight is 236 g/mol. The predicted octanol–water partition coefficient (Wildman–Crippen LogP) is 3.17. The van der Waals surface area contributed by atoms with E-state index in [2.05, 4.69) is 21.1 Å². The van der Waals surface area contributed by atoms with Gasteiger partial charge in [0.2, 0.25) is 0 Å². The molecule has 0 N–H and O–H groups in total. The molecule has 3 rings (SSSR count). The standard InChI is InChI=1S/C12H19BNOS/c1-11-6-4-5-8-9(7-12(11,2)13-11)16-10(15)14(8)3/h8-9H,4-7H2,1-3H3. The van der Waals surface area contributed by atoms with Crippen molar-refractivity contribution < 1.29 is 4.79 Å². The summed E-state index contributed by atoms with van der Waals surface area (Å²) < 4.78 is 0. The summed E-state index contributed by atoms with van der Waals surface area (Å²) in [6.07, 6.45) is 4.95. The van der Waals surface area contributed by atoms with Crippen LogP contribution in [-0.2, 0) is 0 Å². The second-order valence-corrected chi connectivity index (χ2v) is 7.37. The van der Waals surface area contributed by atoms with E-state index >= 15 is 0 Å². The summed E-state index contributed by atoms with van der Waals surface area (Å²) in [7, 11) is 4.49. The van der Waals surface area contributed by atoms with Crippen molar-refractivity contribution in [2.45, 2.75) is 61.5 Å². The molecule has 1 radical (unpaired) electrons. The highest BCUT2D eigenvalue weighted by atomic mass is 32.2. The molecule has 87 valence electrons. The van der Waals surface area contributed by atoms with E-state index in [1.807, 2.05) is 11.9 Å². The third-order valence-electron chi connectivity index (χ3n) is 5.15. The summed E-state index contributed by atoms with van der Waals surface area (Å²) in [4.78, 5) is 13.7. The van der Waals surface area contributed by atoms with Crippen LogP contribution in [0.4, 0.5) is 4.79 Å². The van der Waals surface area contributed by atoms with Crippen LogP contribution in [0, 0.1) is 0 Å². The Morgan fingerprint density at radius 2 is 2.19 bits per heavy atom.